The van der Waals surface area contributed by atoms with E-state index in [1.54, 1.807) is 0 Å². The maximum absolute atomic E-state index is 10.2. The number of aliphatic carboxylic acids is 1. The Morgan fingerprint density at radius 1 is 1.45 bits per heavy atom. The van der Waals surface area contributed by atoms with Gasteiger partial charge in [0.05, 0.1) is 5.92 Å². The molecule has 0 bridgehead atoms. The first kappa shape index (κ1) is 12.8. The minimum absolute atomic E-state index is 0.130. The largest absolute Gasteiger partial charge is 0.481 e. The van der Waals surface area contributed by atoms with E-state index in [2.05, 4.69) is 0 Å². The monoisotopic (exact) mass is 160 g/mol. The zero-order valence-corrected chi connectivity index (χ0v) is 7.33. The minimum atomic E-state index is -0.671. The normalized spacial score (nSPS) is 8.36. The first-order valence-corrected chi connectivity index (χ1v) is 3.76. The van der Waals surface area contributed by atoms with E-state index in [1.165, 1.54) is 6.92 Å². The molecule has 3 nitrogen and oxygen atoms in total. The lowest BCUT2D eigenvalue weighted by atomic mass is 10.1. The Bertz CT molecular complexity index is 106. The Morgan fingerprint density at radius 3 is 1.73 bits per heavy atom. The lowest BCUT2D eigenvalue weighted by Crippen LogP contribution is -2.10. The molecule has 0 aromatic carbocycles. The second kappa shape index (κ2) is 9.14. The van der Waals surface area contributed by atoms with Crippen molar-refractivity contribution in [3.05, 3.63) is 0 Å². The van der Waals surface area contributed by atoms with Gasteiger partial charge in [-0.05, 0) is 19.8 Å². The van der Waals surface area contributed by atoms with Crippen LogP contribution in [0.25, 0.3) is 0 Å². The van der Waals surface area contributed by atoms with Gasteiger partial charge in [0.15, 0.2) is 0 Å². The van der Waals surface area contributed by atoms with Crippen molar-refractivity contribution in [2.45, 2.75) is 33.6 Å². The van der Waals surface area contributed by atoms with Crippen LogP contribution >= 0.6 is 0 Å². The number of hydrogen-bond donors (Lipinski definition) is 1. The molecule has 66 valence electrons. The topological polar surface area (TPSA) is 54.4 Å². The molecule has 0 aliphatic rings. The van der Waals surface area contributed by atoms with Crippen LogP contribution in [0.1, 0.15) is 33.6 Å². The molecule has 0 saturated carbocycles. The average molecular weight is 160 g/mol. The molecule has 3 heteroatoms. The predicted octanol–water partition coefficient (Wildman–Crippen LogP) is 1.71. The Labute approximate surface area is 67.4 Å². The van der Waals surface area contributed by atoms with E-state index in [0.29, 0.717) is 0 Å². The van der Waals surface area contributed by atoms with E-state index in [0.717, 1.165) is 19.1 Å². The first-order chi connectivity index (χ1) is 5.13. The smallest absolute Gasteiger partial charge is 0.306 e. The van der Waals surface area contributed by atoms with Crippen LogP contribution in [-0.4, -0.2) is 17.4 Å². The summed E-state index contributed by atoms with van der Waals surface area (Å²) in [7, 11) is 0. The van der Waals surface area contributed by atoms with Gasteiger partial charge in [0.25, 0.3) is 0 Å². The highest BCUT2D eigenvalue weighted by molar-refractivity contribution is 5.69. The quantitative estimate of drug-likeness (QED) is 0.639. The molecule has 0 heterocycles. The van der Waals surface area contributed by atoms with Crippen LogP contribution in [-0.2, 0) is 9.59 Å². The highest BCUT2D eigenvalue weighted by atomic mass is 16.4. The number of carbonyl (C=O) groups excluding carboxylic acids is 1. The summed E-state index contributed by atoms with van der Waals surface area (Å²) in [6.07, 6.45) is 2.23. The van der Waals surface area contributed by atoms with Gasteiger partial charge >= 0.3 is 5.97 Å². The molecular weight excluding hydrogens is 144 g/mol. The van der Waals surface area contributed by atoms with Gasteiger partial charge in [-0.15, -0.1) is 0 Å². The van der Waals surface area contributed by atoms with Crippen LogP contribution in [0.5, 0.6) is 0 Å². The molecule has 0 aromatic heterocycles. The van der Waals surface area contributed by atoms with Crippen molar-refractivity contribution in [3.8, 4) is 0 Å². The van der Waals surface area contributed by atoms with Gasteiger partial charge < -0.3 is 9.90 Å². The van der Waals surface area contributed by atoms with E-state index < -0.39 is 5.97 Å². The molecule has 0 spiro atoms. The van der Waals surface area contributed by atoms with Crippen LogP contribution in [0.15, 0.2) is 0 Å². The maximum atomic E-state index is 10.2. The molecule has 0 aromatic rings. The van der Waals surface area contributed by atoms with Crippen LogP contribution in [0, 0.1) is 5.92 Å². The lowest BCUT2D eigenvalue weighted by Gasteiger charge is -2.02. The van der Waals surface area contributed by atoms with Crippen molar-refractivity contribution in [2.24, 2.45) is 5.92 Å². The van der Waals surface area contributed by atoms with Crippen molar-refractivity contribution >= 4 is 12.3 Å². The third-order valence-corrected chi connectivity index (χ3v) is 1.33. The Balaban J connectivity index is 0. The third kappa shape index (κ3) is 9.14. The van der Waals surface area contributed by atoms with E-state index in [1.807, 2.05) is 13.8 Å². The van der Waals surface area contributed by atoms with E-state index in [-0.39, 0.29) is 5.92 Å². The van der Waals surface area contributed by atoms with Crippen LogP contribution in [0.3, 0.4) is 0 Å². The number of aldehydes is 1. The number of hydrogen-bond acceptors (Lipinski definition) is 2. The fourth-order valence-electron chi connectivity index (χ4n) is 0.638. The molecule has 0 rings (SSSR count). The zero-order valence-electron chi connectivity index (χ0n) is 7.33. The van der Waals surface area contributed by atoms with Gasteiger partial charge in [-0.2, -0.15) is 0 Å². The highest BCUT2D eigenvalue weighted by Gasteiger charge is 2.10. The number of carbonyl (C=O) groups is 2. The van der Waals surface area contributed by atoms with E-state index >= 15 is 0 Å². The average Bonchev–Trinajstić information content (AvgIpc) is 1.91. The molecule has 0 radical (unpaired) electrons. The number of carboxylic acids is 1. The van der Waals surface area contributed by atoms with Crippen LogP contribution in [0.4, 0.5) is 0 Å². The fraction of sp³-hybridized carbons (Fsp3) is 0.750. The summed E-state index contributed by atoms with van der Waals surface area (Å²) in [5.74, 6) is -0.801. The Hall–Kier alpha value is -0.860. The maximum Gasteiger partial charge on any atom is 0.306 e. The molecule has 1 N–H and O–H groups in total. The summed E-state index contributed by atoms with van der Waals surface area (Å²) in [5.41, 5.74) is 0. The molecule has 0 amide bonds. The Kier molecular flexibility index (Phi) is 10.6. The molecular formula is C8H16O3. The highest BCUT2D eigenvalue weighted by Crippen LogP contribution is 2.05. The van der Waals surface area contributed by atoms with Gasteiger partial charge in [0.1, 0.15) is 6.29 Å². The summed E-state index contributed by atoms with van der Waals surface area (Å²) < 4.78 is 0. The molecule has 0 aliphatic heterocycles. The standard InChI is InChI=1S/C6H12O2.C2H4O/c1-3-5(4-2)6(7)8;1-2-3/h5H,3-4H2,1-2H3,(H,7,8);2H,1H3. The molecule has 0 unspecified atom stereocenters. The minimum Gasteiger partial charge on any atom is -0.481 e. The second-order valence-electron chi connectivity index (χ2n) is 2.09. The molecule has 0 saturated heterocycles. The summed E-state index contributed by atoms with van der Waals surface area (Å²) in [5, 5.41) is 8.37. The summed E-state index contributed by atoms with van der Waals surface area (Å²) in [4.78, 5) is 19.0. The van der Waals surface area contributed by atoms with E-state index in [9.17, 15) is 4.79 Å². The zero-order chi connectivity index (χ0) is 9.28. The van der Waals surface area contributed by atoms with Crippen molar-refractivity contribution < 1.29 is 14.7 Å². The lowest BCUT2D eigenvalue weighted by molar-refractivity contribution is -0.141. The van der Waals surface area contributed by atoms with Crippen molar-refractivity contribution in [3.63, 3.8) is 0 Å². The Morgan fingerprint density at radius 2 is 1.73 bits per heavy atom. The summed E-state index contributed by atoms with van der Waals surface area (Å²) in [6, 6.07) is 0. The van der Waals surface area contributed by atoms with Crippen molar-refractivity contribution in [2.75, 3.05) is 0 Å². The molecule has 0 aliphatic carbocycles. The summed E-state index contributed by atoms with van der Waals surface area (Å²) >= 11 is 0. The summed E-state index contributed by atoms with van der Waals surface area (Å²) in [6.45, 7) is 5.23. The van der Waals surface area contributed by atoms with Gasteiger partial charge in [-0.25, -0.2) is 0 Å². The third-order valence-electron chi connectivity index (χ3n) is 1.33. The van der Waals surface area contributed by atoms with Crippen molar-refractivity contribution in [1.82, 2.24) is 0 Å². The van der Waals surface area contributed by atoms with Gasteiger partial charge in [-0.3, -0.25) is 4.79 Å². The SMILES string of the molecule is CC=O.CCC(CC)C(=O)O. The number of carboxylic acid groups (broad SMARTS) is 1. The van der Waals surface area contributed by atoms with Gasteiger partial charge in [-0.1, -0.05) is 13.8 Å². The molecule has 0 fully saturated rings. The van der Waals surface area contributed by atoms with Crippen molar-refractivity contribution in [1.29, 1.82) is 0 Å². The number of rotatable bonds is 3. The fourth-order valence-corrected chi connectivity index (χ4v) is 0.638. The van der Waals surface area contributed by atoms with Crippen LogP contribution in [0.2, 0.25) is 0 Å². The molecule has 11 heavy (non-hydrogen) atoms. The van der Waals surface area contributed by atoms with Gasteiger partial charge in [0, 0.05) is 0 Å². The first-order valence-electron chi connectivity index (χ1n) is 3.76. The van der Waals surface area contributed by atoms with E-state index in [4.69, 9.17) is 9.90 Å². The van der Waals surface area contributed by atoms with Gasteiger partial charge in [0.2, 0.25) is 0 Å². The predicted molar refractivity (Wildman–Crippen MR) is 43.4 cm³/mol. The molecule has 0 atom stereocenters. The second-order valence-corrected chi connectivity index (χ2v) is 2.09. The van der Waals surface area contributed by atoms with Crippen LogP contribution < -0.4 is 0 Å².